The summed E-state index contributed by atoms with van der Waals surface area (Å²) in [5, 5.41) is 11.1. The maximum atomic E-state index is 10.5. The Morgan fingerprint density at radius 2 is 2.19 bits per heavy atom. The van der Waals surface area contributed by atoms with E-state index in [1.807, 2.05) is 38.1 Å². The van der Waals surface area contributed by atoms with Gasteiger partial charge in [0.2, 0.25) is 0 Å². The quantitative estimate of drug-likeness (QED) is 0.728. The van der Waals surface area contributed by atoms with Crippen molar-refractivity contribution in [3.05, 3.63) is 35.4 Å². The molecule has 0 saturated carbocycles. The lowest BCUT2D eigenvalue weighted by molar-refractivity contribution is 0.191. The van der Waals surface area contributed by atoms with Crippen LogP contribution in [0.2, 0.25) is 0 Å². The zero-order valence-corrected chi connectivity index (χ0v) is 9.60. The summed E-state index contributed by atoms with van der Waals surface area (Å²) >= 11 is 0. The van der Waals surface area contributed by atoms with E-state index in [4.69, 9.17) is 10.8 Å². The third-order valence-electron chi connectivity index (χ3n) is 2.35. The van der Waals surface area contributed by atoms with Crippen LogP contribution in [0.25, 0.3) is 0 Å². The largest absolute Gasteiger partial charge is 0.465 e. The summed E-state index contributed by atoms with van der Waals surface area (Å²) in [6.45, 7) is 3.77. The number of carboxylic acid groups (broad SMARTS) is 1. The van der Waals surface area contributed by atoms with Gasteiger partial charge in [-0.05, 0) is 31.4 Å². The Balaban J connectivity index is 2.77. The summed E-state index contributed by atoms with van der Waals surface area (Å²) in [6.07, 6.45) is -0.210. The summed E-state index contributed by atoms with van der Waals surface area (Å²) in [7, 11) is 0. The van der Waals surface area contributed by atoms with E-state index in [0.29, 0.717) is 0 Å². The molecule has 4 nitrogen and oxygen atoms in total. The van der Waals surface area contributed by atoms with Gasteiger partial charge in [-0.1, -0.05) is 24.3 Å². The van der Waals surface area contributed by atoms with Crippen molar-refractivity contribution in [2.75, 3.05) is 0 Å². The van der Waals surface area contributed by atoms with Gasteiger partial charge in [-0.3, -0.25) is 0 Å². The molecule has 0 aliphatic rings. The molecule has 1 amide bonds. The highest BCUT2D eigenvalue weighted by atomic mass is 16.4. The van der Waals surface area contributed by atoms with Gasteiger partial charge in [0.05, 0.1) is 6.04 Å². The first-order valence-electron chi connectivity index (χ1n) is 5.33. The number of hydrogen-bond donors (Lipinski definition) is 3. The predicted molar refractivity (Wildman–Crippen MR) is 63.4 cm³/mol. The Kier molecular flexibility index (Phi) is 4.31. The van der Waals surface area contributed by atoms with E-state index < -0.39 is 6.09 Å². The number of hydrogen-bond acceptors (Lipinski definition) is 2. The molecule has 0 aliphatic heterocycles. The Hall–Kier alpha value is -1.55. The molecule has 16 heavy (non-hydrogen) atoms. The van der Waals surface area contributed by atoms with Crippen molar-refractivity contribution in [2.45, 2.75) is 32.4 Å². The first-order valence-corrected chi connectivity index (χ1v) is 5.33. The van der Waals surface area contributed by atoms with E-state index in [1.165, 1.54) is 0 Å². The van der Waals surface area contributed by atoms with Crippen LogP contribution in [0.4, 0.5) is 4.79 Å². The Bertz CT molecular complexity index is 364. The highest BCUT2D eigenvalue weighted by Gasteiger charge is 2.08. The molecule has 0 heterocycles. The molecule has 4 N–H and O–H groups in total. The van der Waals surface area contributed by atoms with Gasteiger partial charge < -0.3 is 16.2 Å². The van der Waals surface area contributed by atoms with Crippen LogP contribution in [0, 0.1) is 0 Å². The van der Waals surface area contributed by atoms with Crippen LogP contribution in [-0.4, -0.2) is 17.2 Å². The van der Waals surface area contributed by atoms with Gasteiger partial charge in [-0.2, -0.15) is 0 Å². The summed E-state index contributed by atoms with van der Waals surface area (Å²) in [5.74, 6) is 0. The SMILES string of the molecule is CC(N)Cc1cccc([C@@H](C)NC(=O)O)c1. The van der Waals surface area contributed by atoms with Gasteiger partial charge in [-0.15, -0.1) is 0 Å². The molecule has 0 saturated heterocycles. The molecule has 0 bridgehead atoms. The molecule has 1 aromatic carbocycles. The van der Waals surface area contributed by atoms with Gasteiger partial charge >= 0.3 is 6.09 Å². The highest BCUT2D eigenvalue weighted by Crippen LogP contribution is 2.14. The van der Waals surface area contributed by atoms with Crippen LogP contribution in [0.1, 0.15) is 31.0 Å². The van der Waals surface area contributed by atoms with E-state index in [-0.39, 0.29) is 12.1 Å². The monoisotopic (exact) mass is 222 g/mol. The van der Waals surface area contributed by atoms with Gasteiger partial charge in [0.25, 0.3) is 0 Å². The molecule has 1 aromatic rings. The first kappa shape index (κ1) is 12.5. The van der Waals surface area contributed by atoms with Crippen LogP contribution in [0.5, 0.6) is 0 Å². The van der Waals surface area contributed by atoms with E-state index in [0.717, 1.165) is 17.5 Å². The number of carbonyl (C=O) groups is 1. The van der Waals surface area contributed by atoms with E-state index in [2.05, 4.69) is 5.32 Å². The average Bonchev–Trinajstić information content (AvgIpc) is 2.16. The second-order valence-corrected chi connectivity index (χ2v) is 4.10. The predicted octanol–water partition coefficient (Wildman–Crippen LogP) is 1.90. The molecule has 4 heteroatoms. The molecular weight excluding hydrogens is 204 g/mol. The van der Waals surface area contributed by atoms with E-state index in [9.17, 15) is 4.79 Å². The lowest BCUT2D eigenvalue weighted by Gasteiger charge is -2.13. The van der Waals surface area contributed by atoms with Crippen LogP contribution < -0.4 is 11.1 Å². The Morgan fingerprint density at radius 1 is 1.50 bits per heavy atom. The van der Waals surface area contributed by atoms with Crippen molar-refractivity contribution in [3.63, 3.8) is 0 Å². The average molecular weight is 222 g/mol. The van der Waals surface area contributed by atoms with Crippen LogP contribution in [0.3, 0.4) is 0 Å². The standard InChI is InChI=1S/C12H18N2O2/c1-8(13)6-10-4-3-5-11(7-10)9(2)14-12(15)16/h3-5,7-9,14H,6,13H2,1-2H3,(H,15,16)/t8?,9-/m1/s1. The van der Waals surface area contributed by atoms with Crippen LogP contribution in [-0.2, 0) is 6.42 Å². The fourth-order valence-corrected chi connectivity index (χ4v) is 1.63. The smallest absolute Gasteiger partial charge is 0.405 e. The minimum atomic E-state index is -1.01. The fourth-order valence-electron chi connectivity index (χ4n) is 1.63. The zero-order valence-electron chi connectivity index (χ0n) is 9.60. The number of benzene rings is 1. The summed E-state index contributed by atoms with van der Waals surface area (Å²) in [5.41, 5.74) is 7.81. The molecule has 0 aromatic heterocycles. The molecule has 0 radical (unpaired) electrons. The van der Waals surface area contributed by atoms with Crippen LogP contribution >= 0.6 is 0 Å². The minimum Gasteiger partial charge on any atom is -0.465 e. The minimum absolute atomic E-state index is 0.109. The van der Waals surface area contributed by atoms with Gasteiger partial charge in [-0.25, -0.2) is 4.79 Å². The lowest BCUT2D eigenvalue weighted by Crippen LogP contribution is -2.24. The molecule has 1 unspecified atom stereocenters. The molecule has 1 rings (SSSR count). The first-order chi connectivity index (χ1) is 7.49. The van der Waals surface area contributed by atoms with Crippen molar-refractivity contribution < 1.29 is 9.90 Å². The third kappa shape index (κ3) is 3.90. The second-order valence-electron chi connectivity index (χ2n) is 4.10. The molecule has 0 aliphatic carbocycles. The number of nitrogens with one attached hydrogen (secondary N) is 1. The maximum absolute atomic E-state index is 10.5. The van der Waals surface area contributed by atoms with E-state index >= 15 is 0 Å². The van der Waals surface area contributed by atoms with Crippen molar-refractivity contribution in [1.29, 1.82) is 0 Å². The molecule has 2 atom stereocenters. The van der Waals surface area contributed by atoms with Crippen LogP contribution in [0.15, 0.2) is 24.3 Å². The molecule has 88 valence electrons. The maximum Gasteiger partial charge on any atom is 0.405 e. The lowest BCUT2D eigenvalue weighted by atomic mass is 10.0. The topological polar surface area (TPSA) is 75.3 Å². The van der Waals surface area contributed by atoms with E-state index in [1.54, 1.807) is 0 Å². The number of amides is 1. The molecule has 0 spiro atoms. The Morgan fingerprint density at radius 3 is 2.75 bits per heavy atom. The normalized spacial score (nSPS) is 14.2. The second kappa shape index (κ2) is 5.51. The number of rotatable bonds is 4. The van der Waals surface area contributed by atoms with Crippen molar-refractivity contribution in [1.82, 2.24) is 5.32 Å². The van der Waals surface area contributed by atoms with Crippen molar-refractivity contribution in [2.24, 2.45) is 5.73 Å². The number of nitrogens with two attached hydrogens (primary N) is 1. The molecule has 0 fully saturated rings. The summed E-state index contributed by atoms with van der Waals surface area (Å²) in [6, 6.07) is 7.73. The zero-order chi connectivity index (χ0) is 12.1. The van der Waals surface area contributed by atoms with Gasteiger partial charge in [0.1, 0.15) is 0 Å². The summed E-state index contributed by atoms with van der Waals surface area (Å²) < 4.78 is 0. The fraction of sp³-hybridized carbons (Fsp3) is 0.417. The third-order valence-corrected chi connectivity index (χ3v) is 2.35. The van der Waals surface area contributed by atoms with Crippen molar-refractivity contribution in [3.8, 4) is 0 Å². The van der Waals surface area contributed by atoms with Gasteiger partial charge in [0, 0.05) is 6.04 Å². The van der Waals surface area contributed by atoms with Crippen molar-refractivity contribution >= 4 is 6.09 Å². The Labute approximate surface area is 95.5 Å². The summed E-state index contributed by atoms with van der Waals surface area (Å²) in [4.78, 5) is 10.5. The van der Waals surface area contributed by atoms with Gasteiger partial charge in [0.15, 0.2) is 0 Å². The molecular formula is C12H18N2O2. The highest BCUT2D eigenvalue weighted by molar-refractivity contribution is 5.65.